The Morgan fingerprint density at radius 1 is 1.38 bits per heavy atom. The molecule has 0 aromatic heterocycles. The number of ether oxygens (including phenoxy) is 1. The summed E-state index contributed by atoms with van der Waals surface area (Å²) in [4.78, 5) is 22.7. The zero-order valence-corrected chi connectivity index (χ0v) is 11.6. The van der Waals surface area contributed by atoms with Gasteiger partial charge in [0.05, 0.1) is 6.42 Å². The maximum atomic E-state index is 13.4. The molecule has 5 nitrogen and oxygen atoms in total. The van der Waals surface area contributed by atoms with Crippen LogP contribution < -0.4 is 5.32 Å². The smallest absolute Gasteiger partial charge is 0.326 e. The quantitative estimate of drug-likeness (QED) is 0.714. The number of hydrogen-bond acceptors (Lipinski definition) is 3. The second-order valence-corrected chi connectivity index (χ2v) is 4.51. The number of amides is 1. The predicted octanol–water partition coefficient (Wildman–Crippen LogP) is 1.50. The Hall–Kier alpha value is -2.02. The second kappa shape index (κ2) is 8.31. The summed E-state index contributed by atoms with van der Waals surface area (Å²) in [7, 11) is 1.49. The van der Waals surface area contributed by atoms with Crippen molar-refractivity contribution in [2.75, 3.05) is 13.7 Å². The minimum Gasteiger partial charge on any atom is -0.480 e. The summed E-state index contributed by atoms with van der Waals surface area (Å²) in [5.41, 5.74) is 0.00919. The molecule has 2 N–H and O–H groups in total. The van der Waals surface area contributed by atoms with Crippen molar-refractivity contribution < 1.29 is 28.2 Å². The van der Waals surface area contributed by atoms with E-state index in [-0.39, 0.29) is 18.4 Å². The van der Waals surface area contributed by atoms with Crippen LogP contribution in [0, 0.1) is 11.6 Å². The zero-order chi connectivity index (χ0) is 15.8. The van der Waals surface area contributed by atoms with Crippen LogP contribution in [0.15, 0.2) is 18.2 Å². The van der Waals surface area contributed by atoms with Crippen LogP contribution in [0.1, 0.15) is 18.4 Å². The Balaban J connectivity index is 2.59. The van der Waals surface area contributed by atoms with Crippen molar-refractivity contribution >= 4 is 11.9 Å². The molecule has 21 heavy (non-hydrogen) atoms. The molecule has 0 bridgehead atoms. The molecule has 0 saturated heterocycles. The molecule has 0 fully saturated rings. The third kappa shape index (κ3) is 5.86. The van der Waals surface area contributed by atoms with Crippen molar-refractivity contribution in [2.45, 2.75) is 25.3 Å². The molecule has 0 radical (unpaired) electrons. The lowest BCUT2D eigenvalue weighted by molar-refractivity contribution is -0.142. The van der Waals surface area contributed by atoms with Crippen LogP contribution in [0.25, 0.3) is 0 Å². The Morgan fingerprint density at radius 3 is 2.67 bits per heavy atom. The summed E-state index contributed by atoms with van der Waals surface area (Å²) < 4.78 is 31.0. The molecule has 1 unspecified atom stereocenters. The number of carbonyl (C=O) groups is 2. The Bertz CT molecular complexity index is 508. The number of methoxy groups -OCH3 is 1. The monoisotopic (exact) mass is 301 g/mol. The molecule has 0 spiro atoms. The minimum absolute atomic E-state index is 0.00919. The largest absolute Gasteiger partial charge is 0.480 e. The minimum atomic E-state index is -1.17. The summed E-state index contributed by atoms with van der Waals surface area (Å²) in [6.07, 6.45) is 0.333. The molecule has 1 atom stereocenters. The molecule has 1 amide bonds. The van der Waals surface area contributed by atoms with Gasteiger partial charge in [0.2, 0.25) is 5.91 Å². The van der Waals surface area contributed by atoms with Crippen LogP contribution in [-0.4, -0.2) is 36.7 Å². The molecule has 1 aromatic carbocycles. The molecule has 0 heterocycles. The van der Waals surface area contributed by atoms with Crippen molar-refractivity contribution in [2.24, 2.45) is 0 Å². The highest BCUT2D eigenvalue weighted by Crippen LogP contribution is 2.10. The number of benzene rings is 1. The molecule has 0 aliphatic carbocycles. The van der Waals surface area contributed by atoms with Gasteiger partial charge in [0.1, 0.15) is 17.7 Å². The van der Waals surface area contributed by atoms with E-state index < -0.39 is 29.6 Å². The number of hydrogen-bond donors (Lipinski definition) is 2. The lowest BCUT2D eigenvalue weighted by Crippen LogP contribution is -2.41. The van der Waals surface area contributed by atoms with Gasteiger partial charge in [-0.2, -0.15) is 0 Å². The van der Waals surface area contributed by atoms with Gasteiger partial charge in [-0.3, -0.25) is 4.79 Å². The van der Waals surface area contributed by atoms with E-state index in [1.807, 2.05) is 0 Å². The highest BCUT2D eigenvalue weighted by Gasteiger charge is 2.20. The van der Waals surface area contributed by atoms with E-state index in [9.17, 15) is 18.4 Å². The van der Waals surface area contributed by atoms with Gasteiger partial charge in [-0.15, -0.1) is 0 Å². The standard InChI is InChI=1S/C14H17F2NO4/c1-21-6-2-3-12(14(19)20)17-13(18)7-9-4-5-10(15)8-11(9)16/h4-5,8,12H,2-3,6-7H2,1H3,(H,17,18)(H,19,20). The molecular weight excluding hydrogens is 284 g/mol. The first kappa shape index (κ1) is 17.0. The van der Waals surface area contributed by atoms with E-state index in [1.54, 1.807) is 0 Å². The second-order valence-electron chi connectivity index (χ2n) is 4.51. The molecule has 7 heteroatoms. The van der Waals surface area contributed by atoms with Crippen LogP contribution in [-0.2, 0) is 20.7 Å². The average Bonchev–Trinajstić information content (AvgIpc) is 2.41. The average molecular weight is 301 g/mol. The van der Waals surface area contributed by atoms with Crippen LogP contribution in [0.2, 0.25) is 0 Å². The van der Waals surface area contributed by atoms with Gasteiger partial charge in [-0.1, -0.05) is 6.07 Å². The van der Waals surface area contributed by atoms with Gasteiger partial charge in [0, 0.05) is 19.8 Å². The van der Waals surface area contributed by atoms with Crippen molar-refractivity contribution in [3.05, 3.63) is 35.4 Å². The number of rotatable bonds is 8. The fourth-order valence-electron chi connectivity index (χ4n) is 1.77. The Morgan fingerprint density at radius 2 is 2.10 bits per heavy atom. The molecule has 0 aliphatic rings. The van der Waals surface area contributed by atoms with Crippen LogP contribution >= 0.6 is 0 Å². The van der Waals surface area contributed by atoms with Gasteiger partial charge >= 0.3 is 5.97 Å². The van der Waals surface area contributed by atoms with E-state index in [0.29, 0.717) is 19.1 Å². The Labute approximate surface area is 120 Å². The first-order chi connectivity index (χ1) is 9.93. The van der Waals surface area contributed by atoms with Crippen LogP contribution in [0.5, 0.6) is 0 Å². The van der Waals surface area contributed by atoms with E-state index in [0.717, 1.165) is 12.1 Å². The molecule has 0 saturated carbocycles. The highest BCUT2D eigenvalue weighted by atomic mass is 19.1. The number of aliphatic carboxylic acids is 1. The molecular formula is C14H17F2NO4. The lowest BCUT2D eigenvalue weighted by Gasteiger charge is -2.14. The maximum absolute atomic E-state index is 13.4. The van der Waals surface area contributed by atoms with Crippen LogP contribution in [0.4, 0.5) is 8.78 Å². The van der Waals surface area contributed by atoms with E-state index in [2.05, 4.69) is 5.32 Å². The van der Waals surface area contributed by atoms with E-state index >= 15 is 0 Å². The van der Waals surface area contributed by atoms with Gasteiger partial charge in [-0.05, 0) is 24.5 Å². The van der Waals surface area contributed by atoms with Crippen molar-refractivity contribution in [1.29, 1.82) is 0 Å². The molecule has 0 aliphatic heterocycles. The predicted molar refractivity (Wildman–Crippen MR) is 70.7 cm³/mol. The summed E-state index contributed by atoms with van der Waals surface area (Å²) >= 11 is 0. The topological polar surface area (TPSA) is 75.6 Å². The first-order valence-electron chi connectivity index (χ1n) is 6.39. The summed E-state index contributed by atoms with van der Waals surface area (Å²) in [6, 6.07) is 1.82. The summed E-state index contributed by atoms with van der Waals surface area (Å²) in [5.74, 6) is -3.37. The van der Waals surface area contributed by atoms with Crippen molar-refractivity contribution in [1.82, 2.24) is 5.32 Å². The van der Waals surface area contributed by atoms with Gasteiger partial charge in [0.15, 0.2) is 0 Å². The summed E-state index contributed by atoms with van der Waals surface area (Å²) in [5, 5.41) is 11.3. The first-order valence-corrected chi connectivity index (χ1v) is 6.39. The van der Waals surface area contributed by atoms with Gasteiger partial charge in [-0.25, -0.2) is 13.6 Å². The number of nitrogens with one attached hydrogen (secondary N) is 1. The highest BCUT2D eigenvalue weighted by molar-refractivity contribution is 5.84. The number of carbonyl (C=O) groups excluding carboxylic acids is 1. The molecule has 1 aromatic rings. The van der Waals surface area contributed by atoms with E-state index in [1.165, 1.54) is 7.11 Å². The number of carboxylic acids is 1. The van der Waals surface area contributed by atoms with Gasteiger partial charge < -0.3 is 15.2 Å². The molecule has 1 rings (SSSR count). The molecule has 116 valence electrons. The maximum Gasteiger partial charge on any atom is 0.326 e. The lowest BCUT2D eigenvalue weighted by atomic mass is 10.1. The fraction of sp³-hybridized carbons (Fsp3) is 0.429. The Kier molecular flexibility index (Phi) is 6.74. The van der Waals surface area contributed by atoms with Crippen LogP contribution in [0.3, 0.4) is 0 Å². The van der Waals surface area contributed by atoms with E-state index in [4.69, 9.17) is 9.84 Å². The zero-order valence-electron chi connectivity index (χ0n) is 11.6. The SMILES string of the molecule is COCCCC(NC(=O)Cc1ccc(F)cc1F)C(=O)O. The number of halogens is 2. The normalized spacial score (nSPS) is 12.0. The fourth-order valence-corrected chi connectivity index (χ4v) is 1.77. The van der Waals surface area contributed by atoms with Crippen molar-refractivity contribution in [3.63, 3.8) is 0 Å². The summed E-state index contributed by atoms with van der Waals surface area (Å²) in [6.45, 7) is 0.381. The third-order valence-electron chi connectivity index (χ3n) is 2.84. The van der Waals surface area contributed by atoms with Gasteiger partial charge in [0.25, 0.3) is 0 Å². The number of carboxylic acid groups (broad SMARTS) is 1. The van der Waals surface area contributed by atoms with Crippen molar-refractivity contribution in [3.8, 4) is 0 Å². The third-order valence-corrected chi connectivity index (χ3v) is 2.84.